The Labute approximate surface area is 309 Å². The molecule has 3 atom stereocenters. The second kappa shape index (κ2) is 12.8. The Morgan fingerprint density at radius 1 is 1.02 bits per heavy atom. The van der Waals surface area contributed by atoms with Crippen LogP contribution in [0.2, 0.25) is 0 Å². The summed E-state index contributed by atoms with van der Waals surface area (Å²) in [4.78, 5) is 45.5. The summed E-state index contributed by atoms with van der Waals surface area (Å²) >= 11 is 0. The molecule has 2 aliphatic heterocycles. The van der Waals surface area contributed by atoms with E-state index in [0.29, 0.717) is 22.2 Å². The number of pyridine rings is 1. The number of aromatic nitrogens is 6. The molecule has 0 unspecified atom stereocenters. The van der Waals surface area contributed by atoms with Crippen molar-refractivity contribution in [2.45, 2.75) is 68.7 Å². The van der Waals surface area contributed by atoms with Crippen molar-refractivity contribution in [2.24, 2.45) is 14.1 Å². The van der Waals surface area contributed by atoms with Crippen LogP contribution < -0.4 is 11.0 Å². The van der Waals surface area contributed by atoms with Gasteiger partial charge in [0.05, 0.1) is 57.5 Å². The number of hydrogen-bond acceptors (Lipinski definition) is 9. The Morgan fingerprint density at radius 3 is 2.39 bits per heavy atom. The third-order valence-corrected chi connectivity index (χ3v) is 11.7. The van der Waals surface area contributed by atoms with Gasteiger partial charge in [-0.15, -0.1) is 5.10 Å². The number of amides is 1. The fourth-order valence-corrected chi connectivity index (χ4v) is 9.22. The normalized spacial score (nSPS) is 19.1. The molecule has 9 rings (SSSR count). The van der Waals surface area contributed by atoms with Crippen molar-refractivity contribution in [1.82, 2.24) is 33.2 Å². The fourth-order valence-electron chi connectivity index (χ4n) is 7.71. The van der Waals surface area contributed by atoms with Gasteiger partial charge in [0.1, 0.15) is 5.60 Å². The van der Waals surface area contributed by atoms with Crippen molar-refractivity contribution in [3.8, 4) is 22.4 Å². The predicted molar refractivity (Wildman–Crippen MR) is 197 cm³/mol. The highest BCUT2D eigenvalue weighted by Crippen LogP contribution is 2.46. The standard InChI is InChI=1S/C38H38FN7O7S/c1-38(2,3)53-36(48)41-26-17-23-18-29(26)52-16-15-28(47)21-11-13-22(14-12-21)30-31-33-27(44(5)37(49)45(23)33)19-40-35(31)46(32(30)25-20-43(4)42-34(25)39)54(50,51)24-9-7-6-8-10-24/h6-14,19-20,23,26,29H,15-18H2,1-5H3,(H,41,48)/t23-,26-,29+/m0/s1. The maximum absolute atomic E-state index is 16.0. The van der Waals surface area contributed by atoms with Crippen LogP contribution in [0.1, 0.15) is 56.4 Å². The number of hydrogen-bond donors (Lipinski definition) is 1. The van der Waals surface area contributed by atoms with Crippen LogP contribution in [-0.4, -0.2) is 72.5 Å². The number of carbonyl (C=O) groups is 2. The second-order valence-corrected chi connectivity index (χ2v) is 16.5. The van der Waals surface area contributed by atoms with E-state index in [9.17, 15) is 22.8 Å². The highest BCUT2D eigenvalue weighted by atomic mass is 32.2. The van der Waals surface area contributed by atoms with E-state index in [2.05, 4.69) is 10.4 Å². The average Bonchev–Trinajstić information content (AvgIpc) is 3.84. The zero-order valence-electron chi connectivity index (χ0n) is 30.2. The Balaban J connectivity index is 1.49. The molecule has 4 bridgehead atoms. The molecule has 16 heteroatoms. The van der Waals surface area contributed by atoms with Crippen LogP contribution in [0, 0.1) is 5.95 Å². The van der Waals surface area contributed by atoms with E-state index in [4.69, 9.17) is 14.5 Å². The van der Waals surface area contributed by atoms with Crippen molar-refractivity contribution in [2.75, 3.05) is 6.61 Å². The molecule has 1 amide bonds. The monoisotopic (exact) mass is 755 g/mol. The van der Waals surface area contributed by atoms with Crippen LogP contribution in [0.4, 0.5) is 9.18 Å². The minimum absolute atomic E-state index is 0.0431. The molecule has 0 radical (unpaired) electrons. The van der Waals surface area contributed by atoms with Crippen LogP contribution in [0.5, 0.6) is 0 Å². The minimum atomic E-state index is -4.48. The van der Waals surface area contributed by atoms with E-state index in [-0.39, 0.29) is 64.4 Å². The third-order valence-electron chi connectivity index (χ3n) is 10.0. The lowest BCUT2D eigenvalue weighted by atomic mass is 9.97. The highest BCUT2D eigenvalue weighted by molar-refractivity contribution is 7.90. The fraction of sp³-hybridized carbons (Fsp3) is 0.342. The summed E-state index contributed by atoms with van der Waals surface area (Å²) in [5, 5.41) is 7.12. The first-order chi connectivity index (χ1) is 25.6. The first-order valence-electron chi connectivity index (χ1n) is 17.5. The molecule has 14 nitrogen and oxygen atoms in total. The smallest absolute Gasteiger partial charge is 0.407 e. The van der Waals surface area contributed by atoms with Gasteiger partial charge in [-0.05, 0) is 51.3 Å². The summed E-state index contributed by atoms with van der Waals surface area (Å²) in [7, 11) is -1.36. The SMILES string of the molecule is Cn1cc(-c2c3c4c(ncc5c4n(c(=O)n5C)[C@H]4C[C@H](NC(=O)OC(C)(C)C)[C@@H](C4)OCCC(=O)c4ccc-3cc4)n2S(=O)(=O)c2ccccc2)c(F)n1. The van der Waals surface area contributed by atoms with Gasteiger partial charge >= 0.3 is 11.8 Å². The molecule has 6 aromatic rings. The van der Waals surface area contributed by atoms with Gasteiger partial charge in [-0.1, -0.05) is 42.5 Å². The number of imidazole rings is 1. The van der Waals surface area contributed by atoms with Crippen LogP contribution in [-0.2, 0) is 33.6 Å². The number of halogens is 1. The molecule has 0 spiro atoms. The third kappa shape index (κ3) is 5.80. The second-order valence-electron chi connectivity index (χ2n) is 14.8. The summed E-state index contributed by atoms with van der Waals surface area (Å²) in [6.07, 6.45) is 2.13. The van der Waals surface area contributed by atoms with Gasteiger partial charge in [-0.3, -0.25) is 18.6 Å². The number of aryl methyl sites for hydroxylation is 2. The van der Waals surface area contributed by atoms with Crippen LogP contribution >= 0.6 is 0 Å². The molecule has 2 aromatic carbocycles. The number of fused-ring (bicyclic) bond motifs is 5. The molecule has 0 saturated heterocycles. The van der Waals surface area contributed by atoms with Crippen LogP contribution in [0.3, 0.4) is 0 Å². The van der Waals surface area contributed by atoms with Gasteiger partial charge in [0, 0.05) is 43.9 Å². The van der Waals surface area contributed by atoms with E-state index in [1.165, 1.54) is 40.8 Å². The lowest BCUT2D eigenvalue weighted by molar-refractivity contribution is 0.0226. The Morgan fingerprint density at radius 2 is 1.72 bits per heavy atom. The zero-order valence-corrected chi connectivity index (χ0v) is 31.1. The van der Waals surface area contributed by atoms with Crippen molar-refractivity contribution in [1.29, 1.82) is 0 Å². The Hall–Kier alpha value is -5.61. The van der Waals surface area contributed by atoms with Crippen LogP contribution in [0.15, 0.2) is 76.7 Å². The number of benzene rings is 2. The van der Waals surface area contributed by atoms with E-state index < -0.39 is 51.5 Å². The largest absolute Gasteiger partial charge is 0.444 e. The van der Waals surface area contributed by atoms with Crippen molar-refractivity contribution < 1.29 is 31.9 Å². The van der Waals surface area contributed by atoms with Crippen molar-refractivity contribution >= 4 is 44.0 Å². The number of ether oxygens (including phenoxy) is 2. The molecule has 6 heterocycles. The van der Waals surface area contributed by atoms with Crippen LogP contribution in [0.25, 0.3) is 44.5 Å². The first kappa shape index (κ1) is 35.4. The Kier molecular flexibility index (Phi) is 8.37. The topological polar surface area (TPSA) is 161 Å². The predicted octanol–water partition coefficient (Wildman–Crippen LogP) is 5.33. The van der Waals surface area contributed by atoms with Gasteiger partial charge in [0.25, 0.3) is 10.0 Å². The molecule has 1 N–H and O–H groups in total. The summed E-state index contributed by atoms with van der Waals surface area (Å²) in [6, 6.07) is 13.2. The number of Topliss-reactive ketones (excluding diaryl/α,β-unsaturated/α-hetero) is 1. The lowest BCUT2D eigenvalue weighted by Gasteiger charge is -2.24. The molecule has 54 heavy (non-hydrogen) atoms. The minimum Gasteiger partial charge on any atom is -0.444 e. The lowest BCUT2D eigenvalue weighted by Crippen LogP contribution is -2.43. The maximum atomic E-state index is 16.0. The average molecular weight is 756 g/mol. The van der Waals surface area contributed by atoms with Gasteiger partial charge < -0.3 is 14.8 Å². The molecule has 280 valence electrons. The summed E-state index contributed by atoms with van der Waals surface area (Å²) in [6.45, 7) is 5.32. The summed E-state index contributed by atoms with van der Waals surface area (Å²) in [5.74, 6) is -1.11. The van der Waals surface area contributed by atoms with Crippen molar-refractivity contribution in [3.63, 3.8) is 0 Å². The molecule has 1 aliphatic carbocycles. The van der Waals surface area contributed by atoms with E-state index >= 15 is 4.39 Å². The van der Waals surface area contributed by atoms with E-state index in [1.54, 1.807) is 74.9 Å². The number of nitrogens with zero attached hydrogens (tertiary/aromatic N) is 6. The van der Waals surface area contributed by atoms with E-state index in [1.807, 2.05) is 0 Å². The summed E-state index contributed by atoms with van der Waals surface area (Å²) in [5.41, 5.74) is 0.497. The molecular weight excluding hydrogens is 718 g/mol. The quantitative estimate of drug-likeness (QED) is 0.251. The molecule has 4 aromatic heterocycles. The van der Waals surface area contributed by atoms with E-state index in [0.717, 1.165) is 3.97 Å². The number of rotatable bonds is 4. The van der Waals surface area contributed by atoms with Crippen molar-refractivity contribution in [3.05, 3.63) is 89.0 Å². The Bertz CT molecular complexity index is 2650. The molecule has 1 saturated carbocycles. The van der Waals surface area contributed by atoms with Gasteiger partial charge in [0.15, 0.2) is 11.4 Å². The number of ketones is 1. The molecule has 3 aliphatic rings. The molecular formula is C38H38FN7O7S. The zero-order chi connectivity index (χ0) is 38.3. The number of carbonyl (C=O) groups excluding carboxylic acids is 2. The summed E-state index contributed by atoms with van der Waals surface area (Å²) < 4.78 is 62.8. The van der Waals surface area contributed by atoms with Gasteiger partial charge in [0.2, 0.25) is 5.95 Å². The maximum Gasteiger partial charge on any atom is 0.407 e. The highest BCUT2D eigenvalue weighted by Gasteiger charge is 2.41. The molecule has 1 fully saturated rings. The number of alkyl carbamates (subject to hydrolysis) is 1. The first-order valence-corrected chi connectivity index (χ1v) is 19.0. The number of nitrogens with one attached hydrogen (secondary N) is 1. The van der Waals surface area contributed by atoms with Gasteiger partial charge in [-0.25, -0.2) is 27.0 Å². The van der Waals surface area contributed by atoms with Gasteiger partial charge in [-0.2, -0.15) is 4.39 Å².